The van der Waals surface area contributed by atoms with E-state index in [2.05, 4.69) is 23.9 Å². The summed E-state index contributed by atoms with van der Waals surface area (Å²) in [6.07, 6.45) is 6.12. The van der Waals surface area contributed by atoms with Gasteiger partial charge in [-0.25, -0.2) is 0 Å². The van der Waals surface area contributed by atoms with E-state index in [-0.39, 0.29) is 0 Å². The molecule has 0 saturated carbocycles. The Bertz CT molecular complexity index is 301. The van der Waals surface area contributed by atoms with E-state index in [1.807, 2.05) is 30.9 Å². The Morgan fingerprint density at radius 2 is 2.43 bits per heavy atom. The molecule has 0 saturated heterocycles. The van der Waals surface area contributed by atoms with Crippen LogP contribution in [0.3, 0.4) is 0 Å². The molecule has 14 heavy (non-hydrogen) atoms. The molecule has 0 spiro atoms. The van der Waals surface area contributed by atoms with Gasteiger partial charge in [0.05, 0.1) is 11.4 Å². The van der Waals surface area contributed by atoms with Crippen molar-refractivity contribution < 1.29 is 0 Å². The van der Waals surface area contributed by atoms with Crippen LogP contribution in [0.25, 0.3) is 0 Å². The zero-order chi connectivity index (χ0) is 10.6. The summed E-state index contributed by atoms with van der Waals surface area (Å²) in [4.78, 5) is 0. The van der Waals surface area contributed by atoms with E-state index in [1.54, 1.807) is 0 Å². The summed E-state index contributed by atoms with van der Waals surface area (Å²) in [6.45, 7) is 7.91. The number of nitrogens with one attached hydrogen (secondary N) is 1. The minimum atomic E-state index is 0.468. The van der Waals surface area contributed by atoms with Gasteiger partial charge in [0.15, 0.2) is 0 Å². The summed E-state index contributed by atoms with van der Waals surface area (Å²) in [5, 5.41) is 7.71. The largest absolute Gasteiger partial charge is 0.380 e. The Balaban J connectivity index is 2.50. The van der Waals surface area contributed by atoms with E-state index in [4.69, 9.17) is 0 Å². The van der Waals surface area contributed by atoms with E-state index in [0.29, 0.717) is 6.04 Å². The summed E-state index contributed by atoms with van der Waals surface area (Å²) >= 11 is 0. The highest BCUT2D eigenvalue weighted by atomic mass is 15.3. The predicted molar refractivity (Wildman–Crippen MR) is 60.5 cm³/mol. The van der Waals surface area contributed by atoms with E-state index >= 15 is 0 Å². The molecular formula is C11H19N3. The molecule has 0 radical (unpaired) electrons. The molecule has 1 aromatic heterocycles. The van der Waals surface area contributed by atoms with Gasteiger partial charge in [-0.2, -0.15) is 5.10 Å². The van der Waals surface area contributed by atoms with Crippen molar-refractivity contribution in [1.82, 2.24) is 9.78 Å². The van der Waals surface area contributed by atoms with Crippen LogP contribution in [0.4, 0.5) is 5.69 Å². The average molecular weight is 193 g/mol. The van der Waals surface area contributed by atoms with Gasteiger partial charge in [0, 0.05) is 19.3 Å². The van der Waals surface area contributed by atoms with Gasteiger partial charge in [-0.3, -0.25) is 4.68 Å². The van der Waals surface area contributed by atoms with Crippen molar-refractivity contribution in [2.24, 2.45) is 7.05 Å². The molecule has 3 nitrogen and oxygen atoms in total. The van der Waals surface area contributed by atoms with Gasteiger partial charge in [0.25, 0.3) is 0 Å². The lowest BCUT2D eigenvalue weighted by Crippen LogP contribution is -2.14. The van der Waals surface area contributed by atoms with Crippen LogP contribution in [0.1, 0.15) is 25.5 Å². The zero-order valence-corrected chi connectivity index (χ0v) is 9.25. The molecule has 78 valence electrons. The molecule has 1 unspecified atom stereocenters. The summed E-state index contributed by atoms with van der Waals surface area (Å²) in [5.74, 6) is 0. The Hall–Kier alpha value is -1.25. The highest BCUT2D eigenvalue weighted by molar-refractivity contribution is 5.46. The minimum Gasteiger partial charge on any atom is -0.380 e. The zero-order valence-electron chi connectivity index (χ0n) is 9.25. The molecule has 0 aromatic carbocycles. The molecular weight excluding hydrogens is 174 g/mol. The maximum absolute atomic E-state index is 4.28. The van der Waals surface area contributed by atoms with Crippen molar-refractivity contribution in [2.75, 3.05) is 5.32 Å². The van der Waals surface area contributed by atoms with Crippen LogP contribution in [0.2, 0.25) is 0 Å². The number of anilines is 1. The predicted octanol–water partition coefficient (Wildman–Crippen LogP) is 2.50. The molecule has 1 N–H and O–H groups in total. The van der Waals surface area contributed by atoms with Crippen molar-refractivity contribution in [3.8, 4) is 0 Å². The first-order valence-electron chi connectivity index (χ1n) is 5.01. The quantitative estimate of drug-likeness (QED) is 0.728. The molecule has 0 aliphatic carbocycles. The third-order valence-corrected chi connectivity index (χ3v) is 2.22. The Morgan fingerprint density at radius 3 is 2.93 bits per heavy atom. The molecule has 0 aliphatic heterocycles. The smallest absolute Gasteiger partial charge is 0.0825 e. The van der Waals surface area contributed by atoms with Crippen LogP contribution in [0, 0.1) is 6.92 Å². The van der Waals surface area contributed by atoms with Crippen LogP contribution >= 0.6 is 0 Å². The van der Waals surface area contributed by atoms with Crippen LogP contribution in [0.15, 0.2) is 18.9 Å². The Morgan fingerprint density at radius 1 is 1.71 bits per heavy atom. The van der Waals surface area contributed by atoms with E-state index < -0.39 is 0 Å². The molecule has 1 rings (SSSR count). The molecule has 0 bridgehead atoms. The third-order valence-electron chi connectivity index (χ3n) is 2.22. The molecule has 0 amide bonds. The van der Waals surface area contributed by atoms with Gasteiger partial charge in [0.1, 0.15) is 0 Å². The molecule has 3 heteroatoms. The van der Waals surface area contributed by atoms with Crippen LogP contribution in [0.5, 0.6) is 0 Å². The number of hydrogen-bond donors (Lipinski definition) is 1. The second kappa shape index (κ2) is 4.84. The fourth-order valence-corrected chi connectivity index (χ4v) is 1.45. The van der Waals surface area contributed by atoms with Gasteiger partial charge in [-0.15, -0.1) is 6.58 Å². The first-order valence-corrected chi connectivity index (χ1v) is 5.01. The molecule has 1 aromatic rings. The van der Waals surface area contributed by atoms with E-state index in [9.17, 15) is 0 Å². The fourth-order valence-electron chi connectivity index (χ4n) is 1.45. The number of allylic oxidation sites excluding steroid dienone is 1. The summed E-state index contributed by atoms with van der Waals surface area (Å²) in [6, 6.07) is 0.468. The van der Waals surface area contributed by atoms with E-state index in [1.165, 1.54) is 0 Å². The van der Waals surface area contributed by atoms with Gasteiger partial charge in [0.2, 0.25) is 0 Å². The van der Waals surface area contributed by atoms with Crippen molar-refractivity contribution >= 4 is 5.69 Å². The number of hydrogen-bond acceptors (Lipinski definition) is 2. The van der Waals surface area contributed by atoms with Gasteiger partial charge in [-0.1, -0.05) is 6.08 Å². The minimum absolute atomic E-state index is 0.468. The normalized spacial score (nSPS) is 12.5. The summed E-state index contributed by atoms with van der Waals surface area (Å²) in [5.41, 5.74) is 2.18. The van der Waals surface area contributed by atoms with Gasteiger partial charge >= 0.3 is 0 Å². The van der Waals surface area contributed by atoms with Crippen molar-refractivity contribution in [2.45, 2.75) is 32.7 Å². The maximum atomic E-state index is 4.28. The number of aryl methyl sites for hydroxylation is 2. The van der Waals surface area contributed by atoms with E-state index in [0.717, 1.165) is 24.2 Å². The lowest BCUT2D eigenvalue weighted by atomic mass is 10.2. The highest BCUT2D eigenvalue weighted by Crippen LogP contribution is 2.14. The molecule has 0 fully saturated rings. The molecule has 1 atom stereocenters. The maximum Gasteiger partial charge on any atom is 0.0825 e. The monoisotopic (exact) mass is 193 g/mol. The number of nitrogens with zero attached hydrogens (tertiary/aromatic N) is 2. The first-order chi connectivity index (χ1) is 6.63. The van der Waals surface area contributed by atoms with Crippen molar-refractivity contribution in [3.63, 3.8) is 0 Å². The number of rotatable bonds is 5. The van der Waals surface area contributed by atoms with Gasteiger partial charge in [-0.05, 0) is 26.7 Å². The topological polar surface area (TPSA) is 29.9 Å². The molecule has 1 heterocycles. The second-order valence-electron chi connectivity index (χ2n) is 3.71. The van der Waals surface area contributed by atoms with Crippen LogP contribution < -0.4 is 5.32 Å². The van der Waals surface area contributed by atoms with Crippen molar-refractivity contribution in [1.29, 1.82) is 0 Å². The first kappa shape index (κ1) is 10.8. The Kier molecular flexibility index (Phi) is 3.74. The summed E-state index contributed by atoms with van der Waals surface area (Å²) < 4.78 is 1.83. The van der Waals surface area contributed by atoms with Gasteiger partial charge < -0.3 is 5.32 Å². The Labute approximate surface area is 85.8 Å². The number of aromatic nitrogens is 2. The standard InChI is InChI=1S/C11H19N3/c1-5-6-7-9(2)12-11-8-14(4)13-10(11)3/h5,8-9,12H,1,6-7H2,2-4H3. The lowest BCUT2D eigenvalue weighted by Gasteiger charge is -2.12. The van der Waals surface area contributed by atoms with Crippen LogP contribution in [-0.4, -0.2) is 15.8 Å². The SMILES string of the molecule is C=CCCC(C)Nc1cn(C)nc1C. The third kappa shape index (κ3) is 2.91. The fraction of sp³-hybridized carbons (Fsp3) is 0.545. The summed E-state index contributed by atoms with van der Waals surface area (Å²) in [7, 11) is 1.94. The second-order valence-corrected chi connectivity index (χ2v) is 3.71. The lowest BCUT2D eigenvalue weighted by molar-refractivity contribution is 0.718. The highest BCUT2D eigenvalue weighted by Gasteiger charge is 2.05. The molecule has 0 aliphatic rings. The van der Waals surface area contributed by atoms with Crippen molar-refractivity contribution in [3.05, 3.63) is 24.5 Å². The average Bonchev–Trinajstić information content (AvgIpc) is 2.42. The van der Waals surface area contributed by atoms with Crippen LogP contribution in [-0.2, 0) is 7.05 Å².